The molecule has 6 nitrogen and oxygen atoms in total. The number of H-pyrrole nitrogens is 2. The number of aromatic nitrogens is 4. The van der Waals surface area contributed by atoms with Crippen LogP contribution < -0.4 is 0 Å². The monoisotopic (exact) mass is 490 g/mol. The van der Waals surface area contributed by atoms with Crippen molar-refractivity contribution in [2.24, 2.45) is 0 Å². The maximum absolute atomic E-state index is 13.7. The van der Waals surface area contributed by atoms with Gasteiger partial charge in [-0.05, 0) is 24.3 Å². The van der Waals surface area contributed by atoms with Gasteiger partial charge in [-0.15, -0.1) is 0 Å². The van der Waals surface area contributed by atoms with E-state index in [4.69, 9.17) is 9.97 Å². The average Bonchev–Trinajstić information content (AvgIpc) is 3.59. The lowest BCUT2D eigenvalue weighted by Crippen LogP contribution is -2.21. The minimum atomic E-state index is -0.208. The molecular weight excluding hydrogens is 472 g/mol. The fourth-order valence-corrected chi connectivity index (χ4v) is 5.61. The van der Waals surface area contributed by atoms with Crippen molar-refractivity contribution in [3.8, 4) is 22.5 Å². The van der Waals surface area contributed by atoms with Gasteiger partial charge in [0.2, 0.25) is 0 Å². The highest BCUT2D eigenvalue weighted by Gasteiger charge is 2.32. The summed E-state index contributed by atoms with van der Waals surface area (Å²) in [4.78, 5) is 44.0. The maximum Gasteiger partial charge on any atom is 0.196 e. The zero-order valence-electron chi connectivity index (χ0n) is 19.9. The number of ketones is 2. The van der Waals surface area contributed by atoms with Gasteiger partial charge in [-0.2, -0.15) is 0 Å². The number of nitrogens with zero attached hydrogens (tertiary/aromatic N) is 2. The number of aromatic amines is 2. The van der Waals surface area contributed by atoms with Crippen molar-refractivity contribution in [2.75, 3.05) is 0 Å². The molecule has 0 bridgehead atoms. The van der Waals surface area contributed by atoms with Crippen molar-refractivity contribution in [3.05, 3.63) is 120 Å². The number of rotatable bonds is 2. The summed E-state index contributed by atoms with van der Waals surface area (Å²) in [5.41, 5.74) is 7.60. The summed E-state index contributed by atoms with van der Waals surface area (Å²) >= 11 is 0. The number of para-hydroxylation sites is 2. The number of hydrogen-bond donors (Lipinski definition) is 2. The van der Waals surface area contributed by atoms with Crippen molar-refractivity contribution >= 4 is 44.4 Å². The molecule has 2 N–H and O–H groups in total. The molecule has 6 heteroatoms. The van der Waals surface area contributed by atoms with Crippen molar-refractivity contribution in [1.82, 2.24) is 19.9 Å². The zero-order chi connectivity index (χ0) is 25.4. The second-order valence-corrected chi connectivity index (χ2v) is 9.48. The second kappa shape index (κ2) is 7.57. The predicted molar refractivity (Wildman–Crippen MR) is 147 cm³/mol. The molecule has 3 aromatic heterocycles. The van der Waals surface area contributed by atoms with Gasteiger partial charge in [0.25, 0.3) is 0 Å². The highest BCUT2D eigenvalue weighted by molar-refractivity contribution is 6.31. The number of fused-ring (bicyclic) bond motifs is 6. The second-order valence-electron chi connectivity index (χ2n) is 9.48. The lowest BCUT2D eigenvalue weighted by molar-refractivity contribution is 0.0980. The van der Waals surface area contributed by atoms with Gasteiger partial charge in [-0.25, -0.2) is 9.97 Å². The summed E-state index contributed by atoms with van der Waals surface area (Å²) in [7, 11) is 0. The van der Waals surface area contributed by atoms with E-state index in [9.17, 15) is 9.59 Å². The number of carbonyl (C=O) groups excluding carboxylic acids is 2. The van der Waals surface area contributed by atoms with E-state index in [-0.39, 0.29) is 11.6 Å². The summed E-state index contributed by atoms with van der Waals surface area (Å²) in [5, 5.41) is 2.03. The quantitative estimate of drug-likeness (QED) is 0.282. The molecule has 0 radical (unpaired) electrons. The zero-order valence-corrected chi connectivity index (χ0v) is 19.9. The molecule has 3 heterocycles. The van der Waals surface area contributed by atoms with Crippen LogP contribution in [-0.2, 0) is 0 Å². The summed E-state index contributed by atoms with van der Waals surface area (Å²) < 4.78 is 0. The van der Waals surface area contributed by atoms with Gasteiger partial charge >= 0.3 is 0 Å². The minimum absolute atomic E-state index is 0.173. The molecule has 0 unspecified atom stereocenters. The first-order chi connectivity index (χ1) is 18.7. The van der Waals surface area contributed by atoms with Crippen LogP contribution in [0.1, 0.15) is 31.8 Å². The van der Waals surface area contributed by atoms with Crippen LogP contribution in [0.4, 0.5) is 0 Å². The van der Waals surface area contributed by atoms with Crippen LogP contribution in [0.15, 0.2) is 97.3 Å². The Morgan fingerprint density at radius 3 is 1.71 bits per heavy atom. The molecule has 0 aliphatic heterocycles. The lowest BCUT2D eigenvalue weighted by Gasteiger charge is -2.19. The molecule has 1 aliphatic carbocycles. The van der Waals surface area contributed by atoms with Crippen LogP contribution >= 0.6 is 0 Å². The van der Waals surface area contributed by atoms with E-state index in [0.29, 0.717) is 44.7 Å². The first kappa shape index (κ1) is 20.8. The maximum atomic E-state index is 13.7. The highest BCUT2D eigenvalue weighted by Crippen LogP contribution is 2.40. The minimum Gasteiger partial charge on any atom is -0.360 e. The van der Waals surface area contributed by atoms with Gasteiger partial charge in [-0.3, -0.25) is 9.59 Å². The number of carbonyl (C=O) groups is 2. The van der Waals surface area contributed by atoms with Crippen LogP contribution in [0.5, 0.6) is 0 Å². The van der Waals surface area contributed by atoms with Crippen molar-refractivity contribution in [1.29, 1.82) is 0 Å². The Kier molecular flexibility index (Phi) is 4.14. The third kappa shape index (κ3) is 2.77. The van der Waals surface area contributed by atoms with E-state index in [1.807, 2.05) is 54.9 Å². The van der Waals surface area contributed by atoms with Crippen LogP contribution in [0.25, 0.3) is 55.4 Å². The molecular formula is C32H18N4O2. The largest absolute Gasteiger partial charge is 0.360 e. The third-order valence-corrected chi connectivity index (χ3v) is 7.41. The van der Waals surface area contributed by atoms with E-state index < -0.39 is 0 Å². The fraction of sp³-hybridized carbons (Fsp3) is 0. The molecule has 38 heavy (non-hydrogen) atoms. The smallest absolute Gasteiger partial charge is 0.196 e. The molecule has 0 saturated carbocycles. The van der Waals surface area contributed by atoms with Gasteiger partial charge in [-0.1, -0.05) is 60.7 Å². The number of nitrogens with one attached hydrogen (secondary N) is 2. The molecule has 4 aromatic carbocycles. The molecule has 0 amide bonds. The molecule has 0 saturated heterocycles. The molecule has 0 atom stereocenters. The highest BCUT2D eigenvalue weighted by atomic mass is 16.1. The van der Waals surface area contributed by atoms with Gasteiger partial charge in [0, 0.05) is 62.0 Å². The van der Waals surface area contributed by atoms with E-state index >= 15 is 0 Å². The Balaban J connectivity index is 1.48. The molecule has 0 fully saturated rings. The van der Waals surface area contributed by atoms with E-state index in [1.165, 1.54) is 0 Å². The van der Waals surface area contributed by atoms with E-state index in [1.54, 1.807) is 36.4 Å². The average molecular weight is 491 g/mol. The molecule has 0 spiro atoms. The van der Waals surface area contributed by atoms with Gasteiger partial charge in [0.15, 0.2) is 11.6 Å². The van der Waals surface area contributed by atoms with Crippen molar-refractivity contribution in [3.63, 3.8) is 0 Å². The Hall–Kier alpha value is -5.36. The van der Waals surface area contributed by atoms with Gasteiger partial charge < -0.3 is 9.97 Å². The Bertz CT molecular complexity index is 2130. The van der Waals surface area contributed by atoms with Gasteiger partial charge in [0.1, 0.15) is 5.52 Å². The first-order valence-electron chi connectivity index (χ1n) is 12.4. The standard InChI is InChI=1S/C32H18N4O2/c37-31-19-9-1-2-10-20(19)32(38)27-21(31)13-14-26-30(27)36-29(23-16-34-25-12-6-4-8-18(23)25)28(35-26)22-15-33-24-11-5-3-7-17(22)24/h1-16,33-34H. The summed E-state index contributed by atoms with van der Waals surface area (Å²) in [6.45, 7) is 0. The number of benzene rings is 4. The molecule has 8 rings (SSSR count). The van der Waals surface area contributed by atoms with Crippen LogP contribution in [0.3, 0.4) is 0 Å². The molecule has 1 aliphatic rings. The Morgan fingerprint density at radius 2 is 1.05 bits per heavy atom. The summed E-state index contributed by atoms with van der Waals surface area (Å²) in [6.07, 6.45) is 3.87. The summed E-state index contributed by atoms with van der Waals surface area (Å²) in [6, 6.07) is 26.5. The number of hydrogen-bond acceptors (Lipinski definition) is 4. The Labute approximate surface area is 216 Å². The first-order valence-corrected chi connectivity index (χ1v) is 12.4. The van der Waals surface area contributed by atoms with E-state index in [0.717, 1.165) is 32.9 Å². The van der Waals surface area contributed by atoms with Crippen molar-refractivity contribution in [2.45, 2.75) is 0 Å². The van der Waals surface area contributed by atoms with E-state index in [2.05, 4.69) is 16.0 Å². The lowest BCUT2D eigenvalue weighted by atomic mass is 9.83. The topological polar surface area (TPSA) is 91.5 Å². The third-order valence-electron chi connectivity index (χ3n) is 7.41. The predicted octanol–water partition coefficient (Wildman–Crippen LogP) is 6.70. The van der Waals surface area contributed by atoms with Gasteiger partial charge in [0.05, 0.1) is 22.5 Å². The molecule has 178 valence electrons. The SMILES string of the molecule is O=C1c2ccccc2C(=O)c2c1ccc1nc(-c3c[nH]c4ccccc34)c(-c3c[nH]c4ccccc34)nc21. The van der Waals surface area contributed by atoms with Crippen LogP contribution in [0.2, 0.25) is 0 Å². The Morgan fingerprint density at radius 1 is 0.500 bits per heavy atom. The van der Waals surface area contributed by atoms with Crippen LogP contribution in [-0.4, -0.2) is 31.5 Å². The van der Waals surface area contributed by atoms with Crippen molar-refractivity contribution < 1.29 is 9.59 Å². The summed E-state index contributed by atoms with van der Waals surface area (Å²) in [5.74, 6) is -0.381. The fourth-order valence-electron chi connectivity index (χ4n) is 5.61. The molecule has 7 aromatic rings. The van der Waals surface area contributed by atoms with Crippen LogP contribution in [0, 0.1) is 0 Å². The normalized spacial score (nSPS) is 12.8.